The maximum absolute atomic E-state index is 6.40. The molecule has 1 aromatic rings. The van der Waals surface area contributed by atoms with E-state index in [-0.39, 0.29) is 0 Å². The molecule has 1 aromatic carbocycles. The van der Waals surface area contributed by atoms with Gasteiger partial charge in [0, 0.05) is 42.4 Å². The minimum absolute atomic E-state index is 0.707. The van der Waals surface area contributed by atoms with Gasteiger partial charge >= 0.3 is 0 Å². The Labute approximate surface area is 126 Å². The van der Waals surface area contributed by atoms with Crippen molar-refractivity contribution in [2.45, 2.75) is 37.9 Å². The lowest BCUT2D eigenvalue weighted by molar-refractivity contribution is 0.254. The highest BCUT2D eigenvalue weighted by atomic mass is 35.5. The van der Waals surface area contributed by atoms with E-state index in [4.69, 9.17) is 11.6 Å². The van der Waals surface area contributed by atoms with Crippen molar-refractivity contribution >= 4 is 17.3 Å². The lowest BCUT2D eigenvalue weighted by Gasteiger charge is -2.28. The Balaban J connectivity index is 1.77. The topological polar surface area (TPSA) is 18.5 Å². The average Bonchev–Trinajstić information content (AvgIpc) is 2.66. The van der Waals surface area contributed by atoms with Crippen LogP contribution in [-0.4, -0.2) is 44.2 Å². The summed E-state index contributed by atoms with van der Waals surface area (Å²) in [6, 6.07) is 7.99. The summed E-state index contributed by atoms with van der Waals surface area (Å²) in [6.07, 6.45) is 3.98. The van der Waals surface area contributed by atoms with Crippen LogP contribution in [-0.2, 0) is 6.54 Å². The van der Waals surface area contributed by atoms with E-state index >= 15 is 0 Å². The fourth-order valence-electron chi connectivity index (χ4n) is 3.61. The van der Waals surface area contributed by atoms with Crippen LogP contribution >= 0.6 is 11.6 Å². The van der Waals surface area contributed by atoms with Gasteiger partial charge in [0.25, 0.3) is 0 Å². The van der Waals surface area contributed by atoms with Gasteiger partial charge in [-0.2, -0.15) is 0 Å². The van der Waals surface area contributed by atoms with Crippen LogP contribution in [0.1, 0.15) is 24.8 Å². The summed E-state index contributed by atoms with van der Waals surface area (Å²) in [5, 5.41) is 4.03. The standard InChI is InChI=1S/C16H24ClN3/c1-18-10-12-3-4-14(9-16(12)17)20-8-7-13-5-6-15(11-20)19(13)2/h3-4,9,13,15,18H,5-8,10-11H2,1-2H3. The van der Waals surface area contributed by atoms with Gasteiger partial charge in [0.15, 0.2) is 0 Å². The number of hydrogen-bond acceptors (Lipinski definition) is 3. The van der Waals surface area contributed by atoms with E-state index in [0.717, 1.165) is 30.7 Å². The quantitative estimate of drug-likeness (QED) is 0.924. The molecule has 2 saturated heterocycles. The molecule has 110 valence electrons. The Bertz CT molecular complexity index is 477. The van der Waals surface area contributed by atoms with E-state index in [1.807, 2.05) is 7.05 Å². The molecule has 0 amide bonds. The van der Waals surface area contributed by atoms with Gasteiger partial charge < -0.3 is 10.2 Å². The van der Waals surface area contributed by atoms with E-state index < -0.39 is 0 Å². The normalized spacial score (nSPS) is 26.9. The second-order valence-electron chi connectivity index (χ2n) is 6.09. The smallest absolute Gasteiger partial charge is 0.0471 e. The zero-order valence-electron chi connectivity index (χ0n) is 12.4. The van der Waals surface area contributed by atoms with Crippen molar-refractivity contribution in [3.05, 3.63) is 28.8 Å². The molecular weight excluding hydrogens is 270 g/mol. The summed E-state index contributed by atoms with van der Waals surface area (Å²) >= 11 is 6.40. The Morgan fingerprint density at radius 1 is 1.25 bits per heavy atom. The third-order valence-electron chi connectivity index (χ3n) is 4.92. The first-order valence-corrected chi connectivity index (χ1v) is 7.96. The number of anilines is 1. The van der Waals surface area contributed by atoms with Crippen molar-refractivity contribution in [3.8, 4) is 0 Å². The molecule has 4 heteroatoms. The Kier molecular flexibility index (Phi) is 4.20. The number of benzene rings is 1. The van der Waals surface area contributed by atoms with Crippen LogP contribution in [0.15, 0.2) is 18.2 Å². The van der Waals surface area contributed by atoms with Gasteiger partial charge in [0.2, 0.25) is 0 Å². The molecule has 2 bridgehead atoms. The lowest BCUT2D eigenvalue weighted by Crippen LogP contribution is -2.36. The highest BCUT2D eigenvalue weighted by Crippen LogP contribution is 2.32. The largest absolute Gasteiger partial charge is 0.370 e. The highest BCUT2D eigenvalue weighted by Gasteiger charge is 2.34. The van der Waals surface area contributed by atoms with Gasteiger partial charge in [-0.05, 0) is 51.1 Å². The number of rotatable bonds is 3. The molecule has 0 saturated carbocycles. The van der Waals surface area contributed by atoms with Crippen molar-refractivity contribution in [1.29, 1.82) is 0 Å². The van der Waals surface area contributed by atoms with Crippen LogP contribution in [0.2, 0.25) is 5.02 Å². The van der Waals surface area contributed by atoms with Crippen molar-refractivity contribution in [2.24, 2.45) is 0 Å². The maximum Gasteiger partial charge on any atom is 0.0471 e. The van der Waals surface area contributed by atoms with Crippen LogP contribution in [0, 0.1) is 0 Å². The molecule has 0 aliphatic carbocycles. The zero-order valence-corrected chi connectivity index (χ0v) is 13.2. The molecule has 0 spiro atoms. The van der Waals surface area contributed by atoms with Crippen molar-refractivity contribution < 1.29 is 0 Å². The predicted molar refractivity (Wildman–Crippen MR) is 85.6 cm³/mol. The van der Waals surface area contributed by atoms with E-state index in [1.165, 1.54) is 30.5 Å². The molecule has 0 aromatic heterocycles. The third-order valence-corrected chi connectivity index (χ3v) is 5.27. The number of nitrogens with zero attached hydrogens (tertiary/aromatic N) is 2. The van der Waals surface area contributed by atoms with E-state index in [9.17, 15) is 0 Å². The minimum atomic E-state index is 0.707. The number of likely N-dealkylation sites (N-methyl/N-ethyl adjacent to an activating group) is 1. The van der Waals surface area contributed by atoms with Crippen LogP contribution in [0.5, 0.6) is 0 Å². The summed E-state index contributed by atoms with van der Waals surface area (Å²) in [7, 11) is 4.24. The molecule has 0 radical (unpaired) electrons. The predicted octanol–water partition coefficient (Wildman–Crippen LogP) is 2.73. The van der Waals surface area contributed by atoms with Crippen LogP contribution in [0.25, 0.3) is 0 Å². The summed E-state index contributed by atoms with van der Waals surface area (Å²) in [6.45, 7) is 3.11. The summed E-state index contributed by atoms with van der Waals surface area (Å²) in [5.41, 5.74) is 2.45. The van der Waals surface area contributed by atoms with Crippen molar-refractivity contribution in [1.82, 2.24) is 10.2 Å². The summed E-state index contributed by atoms with van der Waals surface area (Å²) in [5.74, 6) is 0. The first kappa shape index (κ1) is 14.2. The summed E-state index contributed by atoms with van der Waals surface area (Å²) in [4.78, 5) is 5.09. The fraction of sp³-hybridized carbons (Fsp3) is 0.625. The Morgan fingerprint density at radius 2 is 2.05 bits per heavy atom. The van der Waals surface area contributed by atoms with Gasteiger partial charge in [-0.3, -0.25) is 4.90 Å². The molecule has 3 nitrogen and oxygen atoms in total. The average molecular weight is 294 g/mol. The molecule has 2 aliphatic rings. The molecule has 20 heavy (non-hydrogen) atoms. The van der Waals surface area contributed by atoms with E-state index in [0.29, 0.717) is 6.04 Å². The first-order chi connectivity index (χ1) is 9.69. The second kappa shape index (κ2) is 5.92. The molecule has 2 unspecified atom stereocenters. The van der Waals surface area contributed by atoms with E-state index in [1.54, 1.807) is 0 Å². The lowest BCUT2D eigenvalue weighted by atomic mass is 10.1. The van der Waals surface area contributed by atoms with Crippen molar-refractivity contribution in [3.63, 3.8) is 0 Å². The highest BCUT2D eigenvalue weighted by molar-refractivity contribution is 6.31. The van der Waals surface area contributed by atoms with Gasteiger partial charge in [0.1, 0.15) is 0 Å². The van der Waals surface area contributed by atoms with Gasteiger partial charge in [-0.25, -0.2) is 0 Å². The Hall–Kier alpha value is -0.770. The number of hydrogen-bond donors (Lipinski definition) is 1. The number of fused-ring (bicyclic) bond motifs is 2. The maximum atomic E-state index is 6.40. The minimum Gasteiger partial charge on any atom is -0.370 e. The first-order valence-electron chi connectivity index (χ1n) is 7.59. The number of nitrogens with one attached hydrogen (secondary N) is 1. The second-order valence-corrected chi connectivity index (χ2v) is 6.50. The van der Waals surface area contributed by atoms with Crippen molar-refractivity contribution in [2.75, 3.05) is 32.1 Å². The van der Waals surface area contributed by atoms with Crippen LogP contribution in [0.3, 0.4) is 0 Å². The molecule has 2 heterocycles. The summed E-state index contributed by atoms with van der Waals surface area (Å²) < 4.78 is 0. The SMILES string of the molecule is CNCc1ccc(N2CCC3CCC(C2)N3C)cc1Cl. The van der Waals surface area contributed by atoms with Gasteiger partial charge in [-0.15, -0.1) is 0 Å². The molecule has 2 atom stereocenters. The van der Waals surface area contributed by atoms with Crippen LogP contribution in [0.4, 0.5) is 5.69 Å². The van der Waals surface area contributed by atoms with E-state index in [2.05, 4.69) is 40.4 Å². The molecule has 3 rings (SSSR count). The van der Waals surface area contributed by atoms with Gasteiger partial charge in [0.05, 0.1) is 0 Å². The molecule has 1 N–H and O–H groups in total. The molecule has 2 fully saturated rings. The van der Waals surface area contributed by atoms with Crippen LogP contribution < -0.4 is 10.2 Å². The molecular formula is C16H24ClN3. The fourth-order valence-corrected chi connectivity index (χ4v) is 3.85. The molecule has 2 aliphatic heterocycles. The number of halogens is 1. The zero-order chi connectivity index (χ0) is 14.1. The van der Waals surface area contributed by atoms with Gasteiger partial charge in [-0.1, -0.05) is 17.7 Å². The third kappa shape index (κ3) is 2.67. The monoisotopic (exact) mass is 293 g/mol. The Morgan fingerprint density at radius 3 is 2.80 bits per heavy atom.